The van der Waals surface area contributed by atoms with Gasteiger partial charge in [0.15, 0.2) is 0 Å². The van der Waals surface area contributed by atoms with Gasteiger partial charge in [0, 0.05) is 6.08 Å². The summed E-state index contributed by atoms with van der Waals surface area (Å²) in [5, 5.41) is 0. The lowest BCUT2D eigenvalue weighted by atomic mass is 10.6. The second kappa shape index (κ2) is 4.14. The van der Waals surface area contributed by atoms with Crippen LogP contribution in [0.15, 0.2) is 12.7 Å². The molecule has 4 heteroatoms. The summed E-state index contributed by atoms with van der Waals surface area (Å²) in [7, 11) is 0. The standard InChI is InChI=1S/C5H6O3S/c1-2-4(6)8-5(7)3-9/h2,9H,1,3H2. The Morgan fingerprint density at radius 2 is 2.22 bits per heavy atom. The molecule has 0 saturated heterocycles. The Hall–Kier alpha value is -0.770. The number of ether oxygens (including phenoxy) is 1. The van der Waals surface area contributed by atoms with Crippen LogP contribution in [0.5, 0.6) is 0 Å². The van der Waals surface area contributed by atoms with Crippen LogP contribution in [-0.4, -0.2) is 17.7 Å². The molecule has 0 amide bonds. The normalized spacial score (nSPS) is 8.11. The molecule has 3 nitrogen and oxygen atoms in total. The van der Waals surface area contributed by atoms with Gasteiger partial charge < -0.3 is 4.74 Å². The van der Waals surface area contributed by atoms with Gasteiger partial charge in [-0.1, -0.05) is 6.58 Å². The minimum atomic E-state index is -0.742. The van der Waals surface area contributed by atoms with Crippen LogP contribution in [0.3, 0.4) is 0 Å². The summed E-state index contributed by atoms with van der Waals surface area (Å²) in [5.41, 5.74) is 0. The molecule has 0 aromatic rings. The van der Waals surface area contributed by atoms with Crippen molar-refractivity contribution >= 4 is 24.6 Å². The van der Waals surface area contributed by atoms with Crippen LogP contribution in [0.25, 0.3) is 0 Å². The molecule has 0 spiro atoms. The number of carbonyl (C=O) groups excluding carboxylic acids is 2. The van der Waals surface area contributed by atoms with Gasteiger partial charge in [-0.3, -0.25) is 4.79 Å². The molecule has 9 heavy (non-hydrogen) atoms. The average Bonchev–Trinajstić information content (AvgIpc) is 1.87. The highest BCUT2D eigenvalue weighted by molar-refractivity contribution is 7.81. The van der Waals surface area contributed by atoms with Crippen LogP contribution in [0.4, 0.5) is 0 Å². The zero-order valence-corrected chi connectivity index (χ0v) is 5.56. The Morgan fingerprint density at radius 1 is 1.67 bits per heavy atom. The van der Waals surface area contributed by atoms with Crippen molar-refractivity contribution in [3.05, 3.63) is 12.7 Å². The maximum Gasteiger partial charge on any atom is 0.337 e. The van der Waals surface area contributed by atoms with E-state index in [1.807, 2.05) is 0 Å². The molecule has 0 N–H and O–H groups in total. The van der Waals surface area contributed by atoms with Crippen LogP contribution in [-0.2, 0) is 14.3 Å². The summed E-state index contributed by atoms with van der Waals surface area (Å²) < 4.78 is 4.08. The third kappa shape index (κ3) is 3.78. The van der Waals surface area contributed by atoms with Crippen molar-refractivity contribution in [2.45, 2.75) is 0 Å². The number of rotatable bonds is 2. The van der Waals surface area contributed by atoms with Gasteiger partial charge in [-0.2, -0.15) is 12.6 Å². The van der Waals surface area contributed by atoms with E-state index in [2.05, 4.69) is 23.9 Å². The Balaban J connectivity index is 3.59. The van der Waals surface area contributed by atoms with Crippen LogP contribution < -0.4 is 0 Å². The van der Waals surface area contributed by atoms with E-state index in [-0.39, 0.29) is 5.75 Å². The van der Waals surface area contributed by atoms with Crippen LogP contribution in [0, 0.1) is 0 Å². The smallest absolute Gasteiger partial charge is 0.337 e. The molecule has 0 rings (SSSR count). The topological polar surface area (TPSA) is 43.4 Å². The SMILES string of the molecule is C=CC(=O)OC(=O)CS. The molecule has 0 aliphatic heterocycles. The van der Waals surface area contributed by atoms with Gasteiger partial charge in [0.1, 0.15) is 0 Å². The largest absolute Gasteiger partial charge is 0.389 e. The fraction of sp³-hybridized carbons (Fsp3) is 0.200. The number of hydrogen-bond acceptors (Lipinski definition) is 4. The lowest BCUT2D eigenvalue weighted by Gasteiger charge is -1.92. The van der Waals surface area contributed by atoms with E-state index in [4.69, 9.17) is 0 Å². The molecule has 0 unspecified atom stereocenters. The molecule has 0 aromatic carbocycles. The fourth-order valence-corrected chi connectivity index (χ4v) is 0.251. The molecular weight excluding hydrogens is 140 g/mol. The molecule has 0 heterocycles. The first kappa shape index (κ1) is 8.23. The zero-order valence-electron chi connectivity index (χ0n) is 4.66. The molecule has 0 fully saturated rings. The number of esters is 2. The van der Waals surface area contributed by atoms with Crippen molar-refractivity contribution in [2.24, 2.45) is 0 Å². The lowest BCUT2D eigenvalue weighted by molar-refractivity contribution is -0.154. The predicted octanol–water partition coefficient (Wildman–Crippen LogP) is 0.172. The van der Waals surface area contributed by atoms with Crippen molar-refractivity contribution in [1.82, 2.24) is 0 Å². The van der Waals surface area contributed by atoms with E-state index in [1.165, 1.54) is 0 Å². The third-order valence-electron chi connectivity index (χ3n) is 0.510. The number of hydrogen-bond donors (Lipinski definition) is 1. The Morgan fingerprint density at radius 3 is 2.56 bits per heavy atom. The van der Waals surface area contributed by atoms with E-state index in [9.17, 15) is 9.59 Å². The maximum atomic E-state index is 10.2. The highest BCUT2D eigenvalue weighted by atomic mass is 32.1. The maximum absolute atomic E-state index is 10.2. The van der Waals surface area contributed by atoms with E-state index < -0.39 is 11.9 Å². The molecule has 0 saturated carbocycles. The summed E-state index contributed by atoms with van der Waals surface area (Å²) in [6.45, 7) is 3.10. The van der Waals surface area contributed by atoms with Crippen molar-refractivity contribution in [3.63, 3.8) is 0 Å². The van der Waals surface area contributed by atoms with Crippen LogP contribution >= 0.6 is 12.6 Å². The molecule has 0 bridgehead atoms. The predicted molar refractivity (Wildman–Crippen MR) is 35.1 cm³/mol. The minimum absolute atomic E-state index is 0.0976. The summed E-state index contributed by atoms with van der Waals surface area (Å²) in [6.07, 6.45) is 0.918. The third-order valence-corrected chi connectivity index (χ3v) is 0.768. The van der Waals surface area contributed by atoms with E-state index in [1.54, 1.807) is 0 Å². The van der Waals surface area contributed by atoms with Gasteiger partial charge in [0.2, 0.25) is 0 Å². The first-order chi connectivity index (χ1) is 4.20. The van der Waals surface area contributed by atoms with Gasteiger partial charge >= 0.3 is 11.9 Å². The monoisotopic (exact) mass is 146 g/mol. The van der Waals surface area contributed by atoms with Crippen molar-refractivity contribution < 1.29 is 14.3 Å². The van der Waals surface area contributed by atoms with Crippen LogP contribution in [0.1, 0.15) is 0 Å². The van der Waals surface area contributed by atoms with Gasteiger partial charge in [-0.15, -0.1) is 0 Å². The minimum Gasteiger partial charge on any atom is -0.389 e. The fourth-order valence-electron chi connectivity index (χ4n) is 0.186. The van der Waals surface area contributed by atoms with Crippen molar-refractivity contribution in [3.8, 4) is 0 Å². The van der Waals surface area contributed by atoms with Gasteiger partial charge in [-0.25, -0.2) is 4.79 Å². The highest BCUT2D eigenvalue weighted by Crippen LogP contribution is 1.83. The van der Waals surface area contributed by atoms with Gasteiger partial charge in [0.25, 0.3) is 0 Å². The van der Waals surface area contributed by atoms with Gasteiger partial charge in [0.05, 0.1) is 5.75 Å². The summed E-state index contributed by atoms with van der Waals surface area (Å²) in [5.74, 6) is -1.50. The van der Waals surface area contributed by atoms with Crippen LogP contribution in [0.2, 0.25) is 0 Å². The van der Waals surface area contributed by atoms with E-state index >= 15 is 0 Å². The summed E-state index contributed by atoms with van der Waals surface area (Å²) in [4.78, 5) is 20.4. The molecular formula is C5H6O3S. The Bertz CT molecular complexity index is 141. The summed E-state index contributed by atoms with van der Waals surface area (Å²) in [6, 6.07) is 0. The average molecular weight is 146 g/mol. The second-order valence-electron chi connectivity index (χ2n) is 1.16. The molecule has 50 valence electrons. The first-order valence-corrected chi connectivity index (χ1v) is 2.82. The Labute approximate surface area is 58.1 Å². The molecule has 0 radical (unpaired) electrons. The number of thiol groups is 1. The van der Waals surface area contributed by atoms with E-state index in [0.717, 1.165) is 6.08 Å². The van der Waals surface area contributed by atoms with Crippen molar-refractivity contribution in [1.29, 1.82) is 0 Å². The lowest BCUT2D eigenvalue weighted by Crippen LogP contribution is -2.10. The summed E-state index contributed by atoms with van der Waals surface area (Å²) >= 11 is 3.57. The number of carbonyl (C=O) groups is 2. The molecule has 0 aliphatic rings. The quantitative estimate of drug-likeness (QED) is 0.261. The first-order valence-electron chi connectivity index (χ1n) is 2.18. The van der Waals surface area contributed by atoms with E-state index in [0.29, 0.717) is 0 Å². The van der Waals surface area contributed by atoms with Crippen molar-refractivity contribution in [2.75, 3.05) is 5.75 Å². The molecule has 0 aliphatic carbocycles. The molecule has 0 atom stereocenters. The second-order valence-corrected chi connectivity index (χ2v) is 1.47. The Kier molecular flexibility index (Phi) is 3.79. The zero-order chi connectivity index (χ0) is 7.28. The highest BCUT2D eigenvalue weighted by Gasteiger charge is 2.02. The molecule has 0 aromatic heterocycles. The van der Waals surface area contributed by atoms with Gasteiger partial charge in [-0.05, 0) is 0 Å².